The van der Waals surface area contributed by atoms with Gasteiger partial charge in [-0.05, 0) is 57.4 Å². The minimum atomic E-state index is -0.149. The third-order valence-corrected chi connectivity index (χ3v) is 5.57. The Morgan fingerprint density at radius 2 is 2.00 bits per heavy atom. The Hall–Kier alpha value is -1.64. The average Bonchev–Trinajstić information content (AvgIpc) is 2.70. The van der Waals surface area contributed by atoms with Gasteiger partial charge in [-0.15, -0.1) is 0 Å². The molecule has 0 aromatic heterocycles. The average molecular weight is 501 g/mol. The van der Waals surface area contributed by atoms with E-state index in [9.17, 15) is 4.79 Å². The summed E-state index contributed by atoms with van der Waals surface area (Å²) in [5, 5.41) is 5.02. The largest absolute Gasteiger partial charge is 0.488 e. The predicted molar refractivity (Wildman–Crippen MR) is 118 cm³/mol. The number of nitrogens with one attached hydrogen (secondary N) is 1. The van der Waals surface area contributed by atoms with E-state index in [2.05, 4.69) is 26.5 Å². The van der Waals surface area contributed by atoms with Gasteiger partial charge in [-0.2, -0.15) is 5.10 Å². The molecule has 1 aliphatic heterocycles. The van der Waals surface area contributed by atoms with Crippen molar-refractivity contribution < 1.29 is 14.3 Å². The summed E-state index contributed by atoms with van der Waals surface area (Å²) in [4.78, 5) is 14.0. The number of hydrogen-bond donors (Lipinski definition) is 1. The molecule has 2 aromatic carbocycles. The first kappa shape index (κ1) is 22.1. The van der Waals surface area contributed by atoms with Gasteiger partial charge in [0, 0.05) is 13.1 Å². The lowest BCUT2D eigenvalue weighted by molar-refractivity contribution is -0.123. The molecular formula is C20H20BrCl2N3O3. The molecule has 0 unspecified atom stereocenters. The molecule has 29 heavy (non-hydrogen) atoms. The predicted octanol–water partition coefficient (Wildman–Crippen LogP) is 4.12. The van der Waals surface area contributed by atoms with Crippen LogP contribution >= 0.6 is 39.1 Å². The highest BCUT2D eigenvalue weighted by Crippen LogP contribution is 2.27. The maximum absolute atomic E-state index is 11.9. The zero-order valence-electron chi connectivity index (χ0n) is 15.5. The summed E-state index contributed by atoms with van der Waals surface area (Å²) in [6.07, 6.45) is 1.59. The van der Waals surface area contributed by atoms with Crippen molar-refractivity contribution in [3.05, 3.63) is 62.0 Å². The molecule has 0 radical (unpaired) electrons. The van der Waals surface area contributed by atoms with Crippen molar-refractivity contribution in [2.75, 3.05) is 32.8 Å². The second-order valence-corrected chi connectivity index (χ2v) is 8.08. The number of amides is 1. The van der Waals surface area contributed by atoms with Crippen LogP contribution in [-0.2, 0) is 16.1 Å². The number of ether oxygens (including phenoxy) is 2. The van der Waals surface area contributed by atoms with Gasteiger partial charge in [-0.25, -0.2) is 5.43 Å². The number of morpholine rings is 1. The number of rotatable bonds is 7. The molecular weight excluding hydrogens is 481 g/mol. The molecule has 1 saturated heterocycles. The minimum Gasteiger partial charge on any atom is -0.488 e. The van der Waals surface area contributed by atoms with Crippen LogP contribution in [0.15, 0.2) is 46.0 Å². The molecule has 1 amide bonds. The van der Waals surface area contributed by atoms with Crippen molar-refractivity contribution in [1.29, 1.82) is 0 Å². The van der Waals surface area contributed by atoms with Crippen molar-refractivity contribution >= 4 is 51.3 Å². The monoisotopic (exact) mass is 499 g/mol. The SMILES string of the molecule is O=C(CN1CCOCC1)N/N=C/c1ccc(OCc2ccc(Cl)c(Cl)c2)c(Br)c1. The molecule has 1 fully saturated rings. The molecule has 1 heterocycles. The molecule has 0 aliphatic carbocycles. The molecule has 1 aliphatic rings. The molecule has 2 aromatic rings. The Labute approximate surface area is 187 Å². The van der Waals surface area contributed by atoms with Gasteiger partial charge in [0.2, 0.25) is 0 Å². The first-order valence-electron chi connectivity index (χ1n) is 8.99. The third kappa shape index (κ3) is 6.97. The Kier molecular flexibility index (Phi) is 8.32. The minimum absolute atomic E-state index is 0.149. The third-order valence-electron chi connectivity index (χ3n) is 4.21. The number of carbonyl (C=O) groups excluding carboxylic acids is 1. The van der Waals surface area contributed by atoms with Crippen LogP contribution in [-0.4, -0.2) is 49.9 Å². The fraction of sp³-hybridized carbons (Fsp3) is 0.300. The summed E-state index contributed by atoms with van der Waals surface area (Å²) in [5.74, 6) is 0.536. The quantitative estimate of drug-likeness (QED) is 0.459. The topological polar surface area (TPSA) is 63.2 Å². The molecule has 0 bridgehead atoms. The lowest BCUT2D eigenvalue weighted by atomic mass is 10.2. The van der Waals surface area contributed by atoms with E-state index < -0.39 is 0 Å². The molecule has 0 saturated carbocycles. The van der Waals surface area contributed by atoms with E-state index in [0.717, 1.165) is 28.7 Å². The number of halogens is 3. The second kappa shape index (κ2) is 10.9. The van der Waals surface area contributed by atoms with E-state index in [1.54, 1.807) is 18.3 Å². The first-order chi connectivity index (χ1) is 14.0. The number of benzene rings is 2. The molecule has 9 heteroatoms. The van der Waals surface area contributed by atoms with Gasteiger partial charge in [-0.1, -0.05) is 29.3 Å². The fourth-order valence-electron chi connectivity index (χ4n) is 2.68. The molecule has 1 N–H and O–H groups in total. The summed E-state index contributed by atoms with van der Waals surface area (Å²) in [5.41, 5.74) is 4.29. The summed E-state index contributed by atoms with van der Waals surface area (Å²) in [7, 11) is 0. The van der Waals surface area contributed by atoms with E-state index in [1.807, 2.05) is 29.2 Å². The lowest BCUT2D eigenvalue weighted by Crippen LogP contribution is -2.42. The van der Waals surface area contributed by atoms with E-state index in [1.165, 1.54) is 0 Å². The van der Waals surface area contributed by atoms with E-state index >= 15 is 0 Å². The van der Waals surface area contributed by atoms with Crippen LogP contribution in [0.3, 0.4) is 0 Å². The van der Waals surface area contributed by atoms with Crippen LogP contribution in [0.5, 0.6) is 5.75 Å². The van der Waals surface area contributed by atoms with Crippen LogP contribution in [0.2, 0.25) is 10.0 Å². The van der Waals surface area contributed by atoms with E-state index in [0.29, 0.717) is 42.2 Å². The van der Waals surface area contributed by atoms with Crippen LogP contribution < -0.4 is 10.2 Å². The maximum Gasteiger partial charge on any atom is 0.254 e. The van der Waals surface area contributed by atoms with Gasteiger partial charge >= 0.3 is 0 Å². The van der Waals surface area contributed by atoms with Crippen LogP contribution in [0, 0.1) is 0 Å². The highest BCUT2D eigenvalue weighted by Gasteiger charge is 2.13. The van der Waals surface area contributed by atoms with Crippen molar-refractivity contribution in [2.24, 2.45) is 5.10 Å². The Morgan fingerprint density at radius 3 is 2.72 bits per heavy atom. The lowest BCUT2D eigenvalue weighted by Gasteiger charge is -2.25. The Bertz CT molecular complexity index is 889. The molecule has 0 spiro atoms. The summed E-state index contributed by atoms with van der Waals surface area (Å²) in [6.45, 7) is 3.50. The summed E-state index contributed by atoms with van der Waals surface area (Å²) >= 11 is 15.4. The van der Waals surface area contributed by atoms with Crippen molar-refractivity contribution in [3.8, 4) is 5.75 Å². The first-order valence-corrected chi connectivity index (χ1v) is 10.5. The van der Waals surface area contributed by atoms with Crippen molar-refractivity contribution in [1.82, 2.24) is 10.3 Å². The van der Waals surface area contributed by atoms with Gasteiger partial charge in [0.1, 0.15) is 12.4 Å². The van der Waals surface area contributed by atoms with E-state index in [-0.39, 0.29) is 5.91 Å². The van der Waals surface area contributed by atoms with Gasteiger partial charge in [-0.3, -0.25) is 9.69 Å². The van der Waals surface area contributed by atoms with Crippen LogP contribution in [0.4, 0.5) is 0 Å². The normalized spacial score (nSPS) is 14.9. The Morgan fingerprint density at radius 1 is 1.21 bits per heavy atom. The highest BCUT2D eigenvalue weighted by molar-refractivity contribution is 9.10. The number of nitrogens with zero attached hydrogens (tertiary/aromatic N) is 2. The highest BCUT2D eigenvalue weighted by atomic mass is 79.9. The number of carbonyl (C=O) groups is 1. The van der Waals surface area contributed by atoms with Gasteiger partial charge in [0.15, 0.2) is 0 Å². The summed E-state index contributed by atoms with van der Waals surface area (Å²) in [6, 6.07) is 10.9. The standard InChI is InChI=1S/C20H20BrCl2N3O3/c21-16-9-14(11-24-25-20(27)12-26-5-7-28-8-6-26)2-4-19(16)29-13-15-1-3-17(22)18(23)10-15/h1-4,9-11H,5-8,12-13H2,(H,25,27)/b24-11+. The Balaban J connectivity index is 1.49. The van der Waals surface area contributed by atoms with Crippen molar-refractivity contribution in [2.45, 2.75) is 6.61 Å². The zero-order chi connectivity index (χ0) is 20.6. The maximum atomic E-state index is 11.9. The summed E-state index contributed by atoms with van der Waals surface area (Å²) < 4.78 is 11.9. The molecule has 6 nitrogen and oxygen atoms in total. The zero-order valence-corrected chi connectivity index (χ0v) is 18.6. The van der Waals surface area contributed by atoms with Crippen LogP contribution in [0.25, 0.3) is 0 Å². The van der Waals surface area contributed by atoms with Crippen LogP contribution in [0.1, 0.15) is 11.1 Å². The fourth-order valence-corrected chi connectivity index (χ4v) is 3.51. The molecule has 3 rings (SSSR count). The van der Waals surface area contributed by atoms with E-state index in [4.69, 9.17) is 32.7 Å². The number of hydrazone groups is 1. The van der Waals surface area contributed by atoms with Gasteiger partial charge < -0.3 is 9.47 Å². The smallest absolute Gasteiger partial charge is 0.254 e. The van der Waals surface area contributed by atoms with Gasteiger partial charge in [0.25, 0.3) is 5.91 Å². The molecule has 0 atom stereocenters. The number of hydrogen-bond acceptors (Lipinski definition) is 5. The van der Waals surface area contributed by atoms with Crippen molar-refractivity contribution in [3.63, 3.8) is 0 Å². The van der Waals surface area contributed by atoms with Gasteiger partial charge in [0.05, 0.1) is 40.5 Å². The second-order valence-electron chi connectivity index (χ2n) is 6.41. The molecule has 154 valence electrons.